The van der Waals surface area contributed by atoms with Crippen LogP contribution < -0.4 is 15.9 Å². The molecule has 0 unspecified atom stereocenters. The van der Waals surface area contributed by atoms with E-state index in [1.54, 1.807) is 0 Å². The Labute approximate surface area is 347 Å². The third-order valence-electron chi connectivity index (χ3n) is 11.5. The van der Waals surface area contributed by atoms with Crippen molar-refractivity contribution in [2.75, 3.05) is 0 Å². The molecular formula is C55H36N3OP. The Hall–Kier alpha value is -7.52. The van der Waals surface area contributed by atoms with Crippen molar-refractivity contribution in [1.82, 2.24) is 15.0 Å². The maximum Gasteiger partial charge on any atom is 0.171 e. The van der Waals surface area contributed by atoms with Gasteiger partial charge in [0.2, 0.25) is 0 Å². The predicted octanol–water partition coefficient (Wildman–Crippen LogP) is 12.8. The van der Waals surface area contributed by atoms with E-state index in [2.05, 4.69) is 146 Å². The Morgan fingerprint density at radius 2 is 0.683 bits per heavy atom. The van der Waals surface area contributed by atoms with E-state index in [1.165, 1.54) is 0 Å². The van der Waals surface area contributed by atoms with Gasteiger partial charge in [0.1, 0.15) is 0 Å². The standard InChI is InChI=1S/C55H36N3OP/c59-60(44-21-3-1-4-22-44,45-23-5-2-6-24-45)46-25-15-20-41(36-46)51-47-26-11-13-28-49(47)52(50-29-14-12-27-48(50)51)55-57-53(42-32-30-37-16-7-9-18-39(37)34-42)56-54(58-55)43-33-31-38-17-8-10-19-40(38)35-43/h1-36H. The van der Waals surface area contributed by atoms with Gasteiger partial charge in [-0.2, -0.15) is 0 Å². The molecule has 0 amide bonds. The van der Waals surface area contributed by atoms with Crippen LogP contribution in [-0.4, -0.2) is 15.0 Å². The third kappa shape index (κ3) is 6.09. The molecule has 0 spiro atoms. The number of rotatable bonds is 7. The molecule has 0 N–H and O–H groups in total. The Morgan fingerprint density at radius 1 is 0.283 bits per heavy atom. The van der Waals surface area contributed by atoms with Crippen LogP contribution in [0.2, 0.25) is 0 Å². The molecule has 0 saturated heterocycles. The highest BCUT2D eigenvalue weighted by molar-refractivity contribution is 7.85. The number of hydrogen-bond acceptors (Lipinski definition) is 4. The summed E-state index contributed by atoms with van der Waals surface area (Å²) in [6, 6.07) is 74.5. The zero-order valence-corrected chi connectivity index (χ0v) is 33.4. The van der Waals surface area contributed by atoms with E-state index in [-0.39, 0.29) is 0 Å². The van der Waals surface area contributed by atoms with Crippen LogP contribution in [0.4, 0.5) is 0 Å². The zero-order valence-electron chi connectivity index (χ0n) is 32.5. The summed E-state index contributed by atoms with van der Waals surface area (Å²) in [5.41, 5.74) is 4.83. The number of aromatic nitrogens is 3. The minimum Gasteiger partial charge on any atom is -0.309 e. The average Bonchev–Trinajstić information content (AvgIpc) is 3.33. The molecule has 60 heavy (non-hydrogen) atoms. The van der Waals surface area contributed by atoms with Gasteiger partial charge in [0, 0.05) is 32.6 Å². The lowest BCUT2D eigenvalue weighted by Crippen LogP contribution is -2.25. The highest BCUT2D eigenvalue weighted by atomic mass is 31.2. The third-order valence-corrected chi connectivity index (χ3v) is 14.6. The fourth-order valence-electron chi connectivity index (χ4n) is 8.66. The van der Waals surface area contributed by atoms with Gasteiger partial charge in [0.25, 0.3) is 0 Å². The normalized spacial score (nSPS) is 11.7. The van der Waals surface area contributed by atoms with Gasteiger partial charge in [0.05, 0.1) is 0 Å². The molecule has 11 aromatic rings. The fourth-order valence-corrected chi connectivity index (χ4v) is 11.4. The second-order valence-electron chi connectivity index (χ2n) is 15.1. The van der Waals surface area contributed by atoms with Gasteiger partial charge in [-0.1, -0.05) is 200 Å². The first-order valence-corrected chi connectivity index (χ1v) is 21.8. The Bertz CT molecular complexity index is 3280. The summed E-state index contributed by atoms with van der Waals surface area (Å²) in [6.07, 6.45) is 0. The van der Waals surface area contributed by atoms with Gasteiger partial charge >= 0.3 is 0 Å². The second kappa shape index (κ2) is 14.7. The fraction of sp³-hybridized carbons (Fsp3) is 0. The van der Waals surface area contributed by atoms with E-state index in [0.717, 1.165) is 86.8 Å². The average molecular weight is 786 g/mol. The van der Waals surface area contributed by atoms with Crippen molar-refractivity contribution >= 4 is 66.1 Å². The molecule has 4 nitrogen and oxygen atoms in total. The lowest BCUT2D eigenvalue weighted by molar-refractivity contribution is 0.592. The lowest BCUT2D eigenvalue weighted by Gasteiger charge is -2.22. The van der Waals surface area contributed by atoms with E-state index in [9.17, 15) is 0 Å². The Kier molecular flexibility index (Phi) is 8.73. The second-order valence-corrected chi connectivity index (χ2v) is 17.9. The van der Waals surface area contributed by atoms with Gasteiger partial charge in [-0.3, -0.25) is 0 Å². The minimum absolute atomic E-state index is 0.599. The quantitative estimate of drug-likeness (QED) is 0.119. The number of benzene rings is 10. The van der Waals surface area contributed by atoms with Crippen molar-refractivity contribution in [3.05, 3.63) is 218 Å². The molecule has 11 rings (SSSR count). The van der Waals surface area contributed by atoms with Crippen LogP contribution in [0.25, 0.3) is 88.4 Å². The summed E-state index contributed by atoms with van der Waals surface area (Å²) in [4.78, 5) is 15.8. The Morgan fingerprint density at radius 3 is 1.18 bits per heavy atom. The van der Waals surface area contributed by atoms with Gasteiger partial charge in [0.15, 0.2) is 24.6 Å². The van der Waals surface area contributed by atoms with Crippen LogP contribution in [0, 0.1) is 0 Å². The van der Waals surface area contributed by atoms with Crippen molar-refractivity contribution in [2.45, 2.75) is 0 Å². The molecule has 10 aromatic carbocycles. The van der Waals surface area contributed by atoms with Gasteiger partial charge in [-0.15, -0.1) is 0 Å². The van der Waals surface area contributed by atoms with Crippen molar-refractivity contribution in [3.63, 3.8) is 0 Å². The zero-order chi connectivity index (χ0) is 40.0. The number of hydrogen-bond donors (Lipinski definition) is 0. The van der Waals surface area contributed by atoms with E-state index in [1.807, 2.05) is 72.8 Å². The molecule has 0 bridgehead atoms. The van der Waals surface area contributed by atoms with Crippen molar-refractivity contribution in [2.24, 2.45) is 0 Å². The van der Waals surface area contributed by atoms with Gasteiger partial charge < -0.3 is 4.57 Å². The van der Waals surface area contributed by atoms with E-state index >= 15 is 4.57 Å². The van der Waals surface area contributed by atoms with Crippen molar-refractivity contribution in [3.8, 4) is 45.3 Å². The van der Waals surface area contributed by atoms with Crippen LogP contribution >= 0.6 is 7.14 Å². The summed E-state index contributed by atoms with van der Waals surface area (Å²) in [5.74, 6) is 1.81. The Balaban J connectivity index is 1.16. The monoisotopic (exact) mass is 785 g/mol. The summed E-state index contributed by atoms with van der Waals surface area (Å²) in [7, 11) is -3.23. The van der Waals surface area contributed by atoms with Crippen LogP contribution in [-0.2, 0) is 4.57 Å². The first kappa shape index (κ1) is 35.6. The molecule has 1 heterocycles. The van der Waals surface area contributed by atoms with Crippen LogP contribution in [0.3, 0.4) is 0 Å². The maximum atomic E-state index is 15.6. The molecule has 0 radical (unpaired) electrons. The molecule has 0 fully saturated rings. The summed E-state index contributed by atoms with van der Waals surface area (Å²) in [6.45, 7) is 0. The van der Waals surface area contributed by atoms with E-state index in [4.69, 9.17) is 15.0 Å². The molecule has 0 aliphatic heterocycles. The molecule has 0 atom stereocenters. The molecule has 282 valence electrons. The summed E-state index contributed by atoms with van der Waals surface area (Å²) in [5, 5.41) is 11.1. The highest BCUT2D eigenvalue weighted by Crippen LogP contribution is 2.46. The van der Waals surface area contributed by atoms with E-state index in [0.29, 0.717) is 17.5 Å². The number of nitrogens with zero attached hydrogens (tertiary/aromatic N) is 3. The topological polar surface area (TPSA) is 55.7 Å². The van der Waals surface area contributed by atoms with E-state index < -0.39 is 7.14 Å². The predicted molar refractivity (Wildman–Crippen MR) is 251 cm³/mol. The van der Waals surface area contributed by atoms with Gasteiger partial charge in [-0.05, 0) is 72.4 Å². The molecular weight excluding hydrogens is 750 g/mol. The van der Waals surface area contributed by atoms with Crippen LogP contribution in [0.1, 0.15) is 0 Å². The summed E-state index contributed by atoms with van der Waals surface area (Å²) >= 11 is 0. The van der Waals surface area contributed by atoms with Gasteiger partial charge in [-0.25, -0.2) is 15.0 Å². The molecule has 5 heteroatoms. The number of fused-ring (bicyclic) bond motifs is 4. The summed E-state index contributed by atoms with van der Waals surface area (Å²) < 4.78 is 15.6. The van der Waals surface area contributed by atoms with Crippen LogP contribution in [0.15, 0.2) is 218 Å². The smallest absolute Gasteiger partial charge is 0.171 e. The maximum absolute atomic E-state index is 15.6. The SMILES string of the molecule is O=P(c1ccccc1)(c1ccccc1)c1cccc(-c2c3ccccc3c(-c3nc(-c4ccc5ccccc5c4)nc(-c4ccc5ccccc5c4)n3)c3ccccc23)c1. The first-order chi connectivity index (χ1) is 29.6. The highest BCUT2D eigenvalue weighted by Gasteiger charge is 2.30. The molecule has 0 aliphatic carbocycles. The van der Waals surface area contributed by atoms with Crippen LogP contribution in [0.5, 0.6) is 0 Å². The van der Waals surface area contributed by atoms with Crippen molar-refractivity contribution < 1.29 is 4.57 Å². The molecule has 0 saturated carbocycles. The largest absolute Gasteiger partial charge is 0.309 e. The van der Waals surface area contributed by atoms with Crippen molar-refractivity contribution in [1.29, 1.82) is 0 Å². The first-order valence-electron chi connectivity index (χ1n) is 20.1. The lowest BCUT2D eigenvalue weighted by atomic mass is 9.88. The molecule has 0 aliphatic rings. The molecule has 1 aromatic heterocycles. The minimum atomic E-state index is -3.23.